The van der Waals surface area contributed by atoms with Crippen molar-refractivity contribution >= 4 is 17.6 Å². The summed E-state index contributed by atoms with van der Waals surface area (Å²) in [5, 5.41) is 17.0. The SMILES string of the molecule is CCc1cc(Cl)nnc1Cc1ccc(F)c(C(=O)O)c1. The van der Waals surface area contributed by atoms with Crippen LogP contribution in [0.1, 0.15) is 34.1 Å². The Hall–Kier alpha value is -2.01. The number of benzene rings is 1. The van der Waals surface area contributed by atoms with Crippen molar-refractivity contribution in [3.63, 3.8) is 0 Å². The molecule has 20 heavy (non-hydrogen) atoms. The summed E-state index contributed by atoms with van der Waals surface area (Å²) in [4.78, 5) is 10.9. The average Bonchev–Trinajstić information content (AvgIpc) is 2.42. The molecule has 1 heterocycles. The van der Waals surface area contributed by atoms with E-state index >= 15 is 0 Å². The van der Waals surface area contributed by atoms with E-state index in [0.29, 0.717) is 22.8 Å². The maximum Gasteiger partial charge on any atom is 0.338 e. The third-order valence-corrected chi connectivity index (χ3v) is 3.13. The van der Waals surface area contributed by atoms with Crippen LogP contribution in [0.4, 0.5) is 4.39 Å². The lowest BCUT2D eigenvalue weighted by molar-refractivity contribution is 0.0691. The number of hydrogen-bond acceptors (Lipinski definition) is 3. The number of aromatic nitrogens is 2. The maximum absolute atomic E-state index is 13.3. The normalized spacial score (nSPS) is 10.6. The molecule has 0 aliphatic heterocycles. The second-order valence-corrected chi connectivity index (χ2v) is 4.68. The Kier molecular flexibility index (Phi) is 4.29. The summed E-state index contributed by atoms with van der Waals surface area (Å²) in [5.74, 6) is -2.04. The molecule has 0 spiro atoms. The van der Waals surface area contributed by atoms with Crippen molar-refractivity contribution in [3.8, 4) is 0 Å². The smallest absolute Gasteiger partial charge is 0.338 e. The molecule has 0 saturated heterocycles. The van der Waals surface area contributed by atoms with Crippen LogP contribution in [0.3, 0.4) is 0 Å². The van der Waals surface area contributed by atoms with Gasteiger partial charge in [0.05, 0.1) is 11.3 Å². The van der Waals surface area contributed by atoms with Crippen molar-refractivity contribution in [1.82, 2.24) is 10.2 Å². The Balaban J connectivity index is 2.35. The fourth-order valence-corrected chi connectivity index (χ4v) is 2.09. The number of halogens is 2. The quantitative estimate of drug-likeness (QED) is 0.941. The summed E-state index contributed by atoms with van der Waals surface area (Å²) >= 11 is 5.79. The van der Waals surface area contributed by atoms with E-state index in [1.54, 1.807) is 6.07 Å². The number of rotatable bonds is 4. The molecule has 104 valence electrons. The van der Waals surface area contributed by atoms with E-state index in [-0.39, 0.29) is 5.56 Å². The molecule has 2 aromatic rings. The molecular weight excluding hydrogens is 283 g/mol. The lowest BCUT2D eigenvalue weighted by atomic mass is 10.0. The van der Waals surface area contributed by atoms with Gasteiger partial charge in [0.2, 0.25) is 0 Å². The van der Waals surface area contributed by atoms with E-state index in [1.165, 1.54) is 12.1 Å². The third-order valence-electron chi connectivity index (χ3n) is 2.94. The molecule has 1 aromatic carbocycles. The van der Waals surface area contributed by atoms with Gasteiger partial charge in [0, 0.05) is 6.42 Å². The van der Waals surface area contributed by atoms with E-state index < -0.39 is 11.8 Å². The summed E-state index contributed by atoms with van der Waals surface area (Å²) < 4.78 is 13.3. The van der Waals surface area contributed by atoms with Gasteiger partial charge >= 0.3 is 5.97 Å². The van der Waals surface area contributed by atoms with E-state index in [1.807, 2.05) is 6.92 Å². The van der Waals surface area contributed by atoms with Crippen LogP contribution in [0.2, 0.25) is 5.15 Å². The van der Waals surface area contributed by atoms with Crippen LogP contribution < -0.4 is 0 Å². The third kappa shape index (κ3) is 3.11. The predicted molar refractivity (Wildman–Crippen MR) is 72.6 cm³/mol. The zero-order valence-corrected chi connectivity index (χ0v) is 11.5. The highest BCUT2D eigenvalue weighted by Crippen LogP contribution is 2.17. The van der Waals surface area contributed by atoms with E-state index in [9.17, 15) is 9.18 Å². The molecule has 0 fully saturated rings. The van der Waals surface area contributed by atoms with Gasteiger partial charge in [-0.1, -0.05) is 24.6 Å². The molecular formula is C14H12ClFN2O2. The fourth-order valence-electron chi connectivity index (χ4n) is 1.92. The van der Waals surface area contributed by atoms with E-state index in [0.717, 1.165) is 18.1 Å². The highest BCUT2D eigenvalue weighted by atomic mass is 35.5. The van der Waals surface area contributed by atoms with Crippen LogP contribution in [0.5, 0.6) is 0 Å². The van der Waals surface area contributed by atoms with Crippen LogP contribution in [-0.4, -0.2) is 21.3 Å². The maximum atomic E-state index is 13.3. The van der Waals surface area contributed by atoms with Gasteiger partial charge in [0.1, 0.15) is 5.82 Å². The minimum atomic E-state index is -1.29. The molecule has 1 aromatic heterocycles. The predicted octanol–water partition coefficient (Wildman–Crippen LogP) is 3.12. The molecule has 1 N–H and O–H groups in total. The molecule has 4 nitrogen and oxygen atoms in total. The number of aryl methyl sites for hydroxylation is 1. The van der Waals surface area contributed by atoms with Crippen molar-refractivity contribution in [2.45, 2.75) is 19.8 Å². The van der Waals surface area contributed by atoms with E-state index in [4.69, 9.17) is 16.7 Å². The molecule has 0 atom stereocenters. The topological polar surface area (TPSA) is 63.1 Å². The molecule has 2 rings (SSSR count). The second-order valence-electron chi connectivity index (χ2n) is 4.29. The van der Waals surface area contributed by atoms with Crippen molar-refractivity contribution in [2.24, 2.45) is 0 Å². The van der Waals surface area contributed by atoms with Gasteiger partial charge in [-0.15, -0.1) is 5.10 Å². The number of hydrogen-bond donors (Lipinski definition) is 1. The van der Waals surface area contributed by atoms with Crippen LogP contribution in [0, 0.1) is 5.82 Å². The van der Waals surface area contributed by atoms with Crippen LogP contribution >= 0.6 is 11.6 Å². The highest BCUT2D eigenvalue weighted by Gasteiger charge is 2.12. The Bertz CT molecular complexity index is 662. The second kappa shape index (κ2) is 5.96. The van der Waals surface area contributed by atoms with Crippen LogP contribution in [0.15, 0.2) is 24.3 Å². The first-order valence-electron chi connectivity index (χ1n) is 6.04. The molecule has 0 radical (unpaired) electrons. The Morgan fingerprint density at radius 2 is 2.10 bits per heavy atom. The first kappa shape index (κ1) is 14.4. The van der Waals surface area contributed by atoms with Gasteiger partial charge in [0.15, 0.2) is 5.15 Å². The zero-order chi connectivity index (χ0) is 14.7. The zero-order valence-electron chi connectivity index (χ0n) is 10.7. The molecule has 0 aliphatic carbocycles. The first-order valence-corrected chi connectivity index (χ1v) is 6.41. The minimum absolute atomic E-state index is 0.316. The molecule has 6 heteroatoms. The summed E-state index contributed by atoms with van der Waals surface area (Å²) in [6, 6.07) is 5.73. The van der Waals surface area contributed by atoms with Gasteiger partial charge in [-0.2, -0.15) is 5.10 Å². The lowest BCUT2D eigenvalue weighted by Crippen LogP contribution is -2.04. The van der Waals surface area contributed by atoms with Gasteiger partial charge in [-0.25, -0.2) is 9.18 Å². The molecule has 0 amide bonds. The Morgan fingerprint density at radius 1 is 1.35 bits per heavy atom. The monoisotopic (exact) mass is 294 g/mol. The lowest BCUT2D eigenvalue weighted by Gasteiger charge is -2.07. The number of nitrogens with zero attached hydrogens (tertiary/aromatic N) is 2. The molecule has 0 unspecified atom stereocenters. The average molecular weight is 295 g/mol. The van der Waals surface area contributed by atoms with Gasteiger partial charge < -0.3 is 5.11 Å². The van der Waals surface area contributed by atoms with Crippen LogP contribution in [0.25, 0.3) is 0 Å². The van der Waals surface area contributed by atoms with Gasteiger partial charge in [-0.05, 0) is 35.7 Å². The van der Waals surface area contributed by atoms with Crippen LogP contribution in [-0.2, 0) is 12.8 Å². The van der Waals surface area contributed by atoms with Gasteiger partial charge in [0.25, 0.3) is 0 Å². The standard InChI is InChI=1S/C14H12ClFN2O2/c1-2-9-7-13(15)18-17-12(9)6-8-3-4-11(16)10(5-8)14(19)20/h3-5,7H,2,6H2,1H3,(H,19,20). The summed E-state index contributed by atoms with van der Waals surface area (Å²) in [5.41, 5.74) is 1.96. The first-order chi connectivity index (χ1) is 9.51. The van der Waals surface area contributed by atoms with Crippen molar-refractivity contribution < 1.29 is 14.3 Å². The van der Waals surface area contributed by atoms with Gasteiger partial charge in [-0.3, -0.25) is 0 Å². The van der Waals surface area contributed by atoms with Crippen molar-refractivity contribution in [3.05, 3.63) is 57.6 Å². The number of carboxylic acids is 1. The molecule has 0 bridgehead atoms. The highest BCUT2D eigenvalue weighted by molar-refractivity contribution is 6.29. The Morgan fingerprint density at radius 3 is 2.75 bits per heavy atom. The van der Waals surface area contributed by atoms with Crippen molar-refractivity contribution in [1.29, 1.82) is 0 Å². The minimum Gasteiger partial charge on any atom is -0.478 e. The summed E-state index contributed by atoms with van der Waals surface area (Å²) in [6.45, 7) is 1.96. The largest absolute Gasteiger partial charge is 0.478 e. The van der Waals surface area contributed by atoms with Crippen molar-refractivity contribution in [2.75, 3.05) is 0 Å². The van der Waals surface area contributed by atoms with E-state index in [2.05, 4.69) is 10.2 Å². The summed E-state index contributed by atoms with van der Waals surface area (Å²) in [6.07, 6.45) is 1.12. The fraction of sp³-hybridized carbons (Fsp3) is 0.214. The molecule has 0 saturated carbocycles. The number of carbonyl (C=O) groups is 1. The number of aromatic carboxylic acids is 1. The molecule has 0 aliphatic rings. The number of carboxylic acid groups (broad SMARTS) is 1. The Labute approximate surface area is 120 Å². The summed E-state index contributed by atoms with van der Waals surface area (Å²) in [7, 11) is 0.